The van der Waals surface area contributed by atoms with Crippen molar-refractivity contribution in [2.45, 2.75) is 25.8 Å². The van der Waals surface area contributed by atoms with Gasteiger partial charge in [-0.05, 0) is 31.4 Å². The molecular weight excluding hydrogens is 335 g/mol. The van der Waals surface area contributed by atoms with E-state index in [1.54, 1.807) is 19.2 Å². The molecule has 1 amide bonds. The monoisotopic (exact) mass is 354 g/mol. The standard InChI is InChI=1S/C17H20Cl2N2O2/c1-23-10-9-21-11-12(17(22)20-7-3-2-4-8-20)15-13(18)5-6-14(19)16(15)21/h5-6,11H,2-4,7-10H2,1H3. The average Bonchev–Trinajstić information content (AvgIpc) is 2.97. The lowest BCUT2D eigenvalue weighted by Gasteiger charge is -2.26. The number of carbonyl (C=O) groups is 1. The third-order valence-electron chi connectivity index (χ3n) is 4.33. The number of halogens is 2. The van der Waals surface area contributed by atoms with Crippen molar-refractivity contribution in [1.29, 1.82) is 0 Å². The number of likely N-dealkylation sites (tertiary alicyclic amines) is 1. The summed E-state index contributed by atoms with van der Waals surface area (Å²) >= 11 is 12.8. The molecule has 0 bridgehead atoms. The molecule has 23 heavy (non-hydrogen) atoms. The summed E-state index contributed by atoms with van der Waals surface area (Å²) < 4.78 is 7.12. The predicted octanol–water partition coefficient (Wildman–Crippen LogP) is 4.22. The molecule has 6 heteroatoms. The Balaban J connectivity index is 2.08. The Bertz CT molecular complexity index is 721. The molecule has 0 saturated carbocycles. The molecule has 0 unspecified atom stereocenters. The molecule has 124 valence electrons. The maximum Gasteiger partial charge on any atom is 0.256 e. The van der Waals surface area contributed by atoms with Crippen LogP contribution in [0.2, 0.25) is 10.0 Å². The van der Waals surface area contributed by atoms with Gasteiger partial charge in [0.2, 0.25) is 0 Å². The second-order valence-electron chi connectivity index (χ2n) is 5.83. The summed E-state index contributed by atoms with van der Waals surface area (Å²) in [6.07, 6.45) is 5.16. The minimum Gasteiger partial charge on any atom is -0.383 e. The van der Waals surface area contributed by atoms with E-state index in [4.69, 9.17) is 27.9 Å². The summed E-state index contributed by atoms with van der Waals surface area (Å²) in [5.74, 6) is 0.0371. The molecule has 0 spiro atoms. The Morgan fingerprint density at radius 1 is 1.17 bits per heavy atom. The highest BCUT2D eigenvalue weighted by Crippen LogP contribution is 2.35. The van der Waals surface area contributed by atoms with Gasteiger partial charge in [0.05, 0.1) is 27.7 Å². The number of amides is 1. The molecule has 1 aromatic carbocycles. The number of carbonyl (C=O) groups excluding carboxylic acids is 1. The van der Waals surface area contributed by atoms with Gasteiger partial charge in [0.1, 0.15) is 0 Å². The van der Waals surface area contributed by atoms with Crippen molar-refractivity contribution in [3.63, 3.8) is 0 Å². The van der Waals surface area contributed by atoms with Crippen LogP contribution in [0.15, 0.2) is 18.3 Å². The third kappa shape index (κ3) is 3.21. The number of fused-ring (bicyclic) bond motifs is 1. The molecule has 2 aromatic rings. The molecule has 4 nitrogen and oxygen atoms in total. The molecule has 2 heterocycles. The van der Waals surface area contributed by atoms with E-state index in [-0.39, 0.29) is 5.91 Å². The molecule has 0 atom stereocenters. The number of methoxy groups -OCH3 is 1. The lowest BCUT2D eigenvalue weighted by Crippen LogP contribution is -2.35. The topological polar surface area (TPSA) is 34.5 Å². The van der Waals surface area contributed by atoms with Crippen molar-refractivity contribution in [2.75, 3.05) is 26.8 Å². The Morgan fingerprint density at radius 3 is 2.57 bits per heavy atom. The number of rotatable bonds is 4. The van der Waals surface area contributed by atoms with Crippen LogP contribution in [0.25, 0.3) is 10.9 Å². The van der Waals surface area contributed by atoms with E-state index < -0.39 is 0 Å². The van der Waals surface area contributed by atoms with Gasteiger partial charge >= 0.3 is 0 Å². The molecule has 0 radical (unpaired) electrons. The smallest absolute Gasteiger partial charge is 0.256 e. The fourth-order valence-electron chi connectivity index (χ4n) is 3.16. The maximum absolute atomic E-state index is 12.9. The summed E-state index contributed by atoms with van der Waals surface area (Å²) in [6.45, 7) is 2.79. The van der Waals surface area contributed by atoms with E-state index in [9.17, 15) is 4.79 Å². The van der Waals surface area contributed by atoms with Crippen LogP contribution >= 0.6 is 23.2 Å². The molecule has 1 aliphatic rings. The van der Waals surface area contributed by atoms with Gasteiger partial charge in [-0.25, -0.2) is 0 Å². The number of aromatic nitrogens is 1. The Morgan fingerprint density at radius 2 is 1.87 bits per heavy atom. The van der Waals surface area contributed by atoms with Gasteiger partial charge in [0.25, 0.3) is 5.91 Å². The largest absolute Gasteiger partial charge is 0.383 e. The highest BCUT2D eigenvalue weighted by Gasteiger charge is 2.24. The fourth-order valence-corrected chi connectivity index (χ4v) is 3.68. The molecule has 1 saturated heterocycles. The SMILES string of the molecule is COCCn1cc(C(=O)N2CCCCC2)c2c(Cl)ccc(Cl)c21. The normalized spacial score (nSPS) is 15.3. The van der Waals surface area contributed by atoms with Gasteiger partial charge in [-0.3, -0.25) is 4.79 Å². The second kappa shape index (κ2) is 7.12. The molecule has 0 N–H and O–H groups in total. The number of piperidine rings is 1. The van der Waals surface area contributed by atoms with Crippen LogP contribution in [0.3, 0.4) is 0 Å². The Kier molecular flexibility index (Phi) is 5.14. The molecule has 3 rings (SSSR count). The minimum absolute atomic E-state index is 0.0371. The summed E-state index contributed by atoms with van der Waals surface area (Å²) in [5, 5.41) is 1.89. The molecule has 0 aliphatic carbocycles. The van der Waals surface area contributed by atoms with Crippen molar-refractivity contribution < 1.29 is 9.53 Å². The summed E-state index contributed by atoms with van der Waals surface area (Å²) in [5.41, 5.74) is 1.43. The van der Waals surface area contributed by atoms with Gasteiger partial charge in [0.15, 0.2) is 0 Å². The molecular formula is C17H20Cl2N2O2. The van der Waals surface area contributed by atoms with E-state index in [1.807, 2.05) is 15.7 Å². The van der Waals surface area contributed by atoms with Crippen LogP contribution < -0.4 is 0 Å². The van der Waals surface area contributed by atoms with Crippen LogP contribution in [0.1, 0.15) is 29.6 Å². The number of hydrogen-bond donors (Lipinski definition) is 0. The Hall–Kier alpha value is -1.23. The third-order valence-corrected chi connectivity index (χ3v) is 4.95. The van der Waals surface area contributed by atoms with Gasteiger partial charge in [-0.15, -0.1) is 0 Å². The van der Waals surface area contributed by atoms with Crippen molar-refractivity contribution in [2.24, 2.45) is 0 Å². The van der Waals surface area contributed by atoms with Crippen molar-refractivity contribution in [3.8, 4) is 0 Å². The zero-order chi connectivity index (χ0) is 16.4. The van der Waals surface area contributed by atoms with Crippen molar-refractivity contribution in [3.05, 3.63) is 33.9 Å². The second-order valence-corrected chi connectivity index (χ2v) is 6.65. The highest BCUT2D eigenvalue weighted by atomic mass is 35.5. The lowest BCUT2D eigenvalue weighted by atomic mass is 10.1. The van der Waals surface area contributed by atoms with Gasteiger partial charge in [-0.2, -0.15) is 0 Å². The number of nitrogens with zero attached hydrogens (tertiary/aromatic N) is 2. The van der Waals surface area contributed by atoms with Gasteiger partial charge < -0.3 is 14.2 Å². The fraction of sp³-hybridized carbons (Fsp3) is 0.471. The van der Waals surface area contributed by atoms with E-state index in [2.05, 4.69) is 0 Å². The van der Waals surface area contributed by atoms with Crippen molar-refractivity contribution in [1.82, 2.24) is 9.47 Å². The first-order chi connectivity index (χ1) is 11.1. The van der Waals surface area contributed by atoms with Gasteiger partial charge in [0, 0.05) is 38.3 Å². The molecule has 1 fully saturated rings. The van der Waals surface area contributed by atoms with Crippen LogP contribution in [0, 0.1) is 0 Å². The summed E-state index contributed by atoms with van der Waals surface area (Å²) in [4.78, 5) is 14.9. The molecule has 1 aliphatic heterocycles. The van der Waals surface area contributed by atoms with E-state index in [0.717, 1.165) is 36.8 Å². The first kappa shape index (κ1) is 16.6. The highest BCUT2D eigenvalue weighted by molar-refractivity contribution is 6.41. The molecule has 1 aromatic heterocycles. The predicted molar refractivity (Wildman–Crippen MR) is 93.6 cm³/mol. The van der Waals surface area contributed by atoms with Crippen LogP contribution in [-0.4, -0.2) is 42.2 Å². The average molecular weight is 355 g/mol. The summed E-state index contributed by atoms with van der Waals surface area (Å²) in [7, 11) is 1.65. The van der Waals surface area contributed by atoms with E-state index in [0.29, 0.717) is 28.8 Å². The maximum atomic E-state index is 12.9. The van der Waals surface area contributed by atoms with Crippen LogP contribution in [0.4, 0.5) is 0 Å². The zero-order valence-electron chi connectivity index (χ0n) is 13.1. The van der Waals surface area contributed by atoms with Crippen LogP contribution in [-0.2, 0) is 11.3 Å². The minimum atomic E-state index is 0.0371. The first-order valence-electron chi connectivity index (χ1n) is 7.88. The van der Waals surface area contributed by atoms with E-state index in [1.165, 1.54) is 6.42 Å². The van der Waals surface area contributed by atoms with E-state index >= 15 is 0 Å². The van der Waals surface area contributed by atoms with Gasteiger partial charge in [-0.1, -0.05) is 23.2 Å². The quantitative estimate of drug-likeness (QED) is 0.823. The number of benzene rings is 1. The lowest BCUT2D eigenvalue weighted by molar-refractivity contribution is 0.0726. The Labute approximate surface area is 145 Å². The number of ether oxygens (including phenoxy) is 1. The number of hydrogen-bond acceptors (Lipinski definition) is 2. The summed E-state index contributed by atoms with van der Waals surface area (Å²) in [6, 6.07) is 3.52. The van der Waals surface area contributed by atoms with Crippen molar-refractivity contribution >= 4 is 40.0 Å². The zero-order valence-corrected chi connectivity index (χ0v) is 14.7. The first-order valence-corrected chi connectivity index (χ1v) is 8.64. The van der Waals surface area contributed by atoms with Crippen LogP contribution in [0.5, 0.6) is 0 Å².